The molecule has 4 heteroatoms. The quantitative estimate of drug-likeness (QED) is 0.270. The molecule has 0 aliphatic heterocycles. The van der Waals surface area contributed by atoms with Crippen molar-refractivity contribution in [3.63, 3.8) is 0 Å². The van der Waals surface area contributed by atoms with E-state index in [-0.39, 0.29) is 0 Å². The highest BCUT2D eigenvalue weighted by atomic mass is 16.6. The second-order valence-corrected chi connectivity index (χ2v) is 2.00. The Hall–Kier alpha value is -1.13. The van der Waals surface area contributed by atoms with Crippen LogP contribution < -0.4 is 0 Å². The monoisotopic (exact) mass is 172 g/mol. The van der Waals surface area contributed by atoms with E-state index in [4.69, 9.17) is 10.2 Å². The maximum atomic E-state index is 10.7. The van der Waals surface area contributed by atoms with Gasteiger partial charge in [0.25, 0.3) is 0 Å². The molecule has 4 nitrogen and oxygen atoms in total. The fourth-order valence-corrected chi connectivity index (χ4v) is 0.450. The molecule has 0 aromatic carbocycles. The van der Waals surface area contributed by atoms with Crippen LogP contribution in [0.3, 0.4) is 0 Å². The number of allylic oxidation sites excluding steroid dienone is 3. The van der Waals surface area contributed by atoms with Crippen molar-refractivity contribution in [3.8, 4) is 0 Å². The molecule has 0 aliphatic rings. The van der Waals surface area contributed by atoms with Crippen LogP contribution >= 0.6 is 0 Å². The predicted molar refractivity (Wildman–Crippen MR) is 43.1 cm³/mol. The normalized spacial score (nSPS) is 11.7. The fourth-order valence-electron chi connectivity index (χ4n) is 0.450. The summed E-state index contributed by atoms with van der Waals surface area (Å²) in [5.74, 6) is -0.596. The van der Waals surface area contributed by atoms with Gasteiger partial charge >= 0.3 is 5.97 Å². The van der Waals surface area contributed by atoms with E-state index in [0.717, 1.165) is 0 Å². The third-order valence-electron chi connectivity index (χ3n) is 0.911. The Labute approximate surface area is 70.8 Å². The Morgan fingerprint density at radius 3 is 2.67 bits per heavy atom. The first kappa shape index (κ1) is 10.9. The van der Waals surface area contributed by atoms with E-state index < -0.39 is 18.9 Å². The highest BCUT2D eigenvalue weighted by molar-refractivity contribution is 5.82. The SMILES string of the molecule is C/C=C/C=C/C(=O)OCC(O)O. The highest BCUT2D eigenvalue weighted by Crippen LogP contribution is 1.85. The molecular formula is C8H12O4. The number of esters is 1. The van der Waals surface area contributed by atoms with Crippen molar-refractivity contribution in [1.82, 2.24) is 0 Å². The largest absolute Gasteiger partial charge is 0.457 e. The molecule has 0 aromatic heterocycles. The maximum Gasteiger partial charge on any atom is 0.330 e. The van der Waals surface area contributed by atoms with E-state index in [2.05, 4.69) is 4.74 Å². The van der Waals surface area contributed by atoms with Crippen LogP contribution in [0.2, 0.25) is 0 Å². The second kappa shape index (κ2) is 6.57. The Morgan fingerprint density at radius 1 is 1.50 bits per heavy atom. The molecule has 0 amide bonds. The van der Waals surface area contributed by atoms with E-state index in [1.54, 1.807) is 12.2 Å². The molecule has 68 valence electrons. The molecule has 12 heavy (non-hydrogen) atoms. The zero-order chi connectivity index (χ0) is 9.40. The van der Waals surface area contributed by atoms with Crippen molar-refractivity contribution in [3.05, 3.63) is 24.3 Å². The van der Waals surface area contributed by atoms with Crippen LogP contribution in [-0.4, -0.2) is 29.1 Å². The van der Waals surface area contributed by atoms with Crippen molar-refractivity contribution in [2.75, 3.05) is 6.61 Å². The van der Waals surface area contributed by atoms with Gasteiger partial charge in [0.1, 0.15) is 6.61 Å². The van der Waals surface area contributed by atoms with Gasteiger partial charge in [0.2, 0.25) is 0 Å². The third kappa shape index (κ3) is 6.98. The number of aliphatic hydroxyl groups is 2. The first-order valence-electron chi connectivity index (χ1n) is 3.49. The summed E-state index contributed by atoms with van der Waals surface area (Å²) in [7, 11) is 0. The van der Waals surface area contributed by atoms with Gasteiger partial charge in [-0.1, -0.05) is 18.2 Å². The fraction of sp³-hybridized carbons (Fsp3) is 0.375. The average molecular weight is 172 g/mol. The van der Waals surface area contributed by atoms with Crippen LogP contribution in [-0.2, 0) is 9.53 Å². The summed E-state index contributed by atoms with van der Waals surface area (Å²) in [5, 5.41) is 16.6. The number of ether oxygens (including phenoxy) is 1. The van der Waals surface area contributed by atoms with Crippen LogP contribution in [0, 0.1) is 0 Å². The molecule has 0 bridgehead atoms. The van der Waals surface area contributed by atoms with Crippen molar-refractivity contribution >= 4 is 5.97 Å². The van der Waals surface area contributed by atoms with Crippen molar-refractivity contribution in [2.45, 2.75) is 13.2 Å². The topological polar surface area (TPSA) is 66.8 Å². The zero-order valence-electron chi connectivity index (χ0n) is 6.80. The number of carbonyl (C=O) groups is 1. The molecule has 0 aromatic rings. The lowest BCUT2D eigenvalue weighted by Gasteiger charge is -2.01. The molecule has 0 saturated carbocycles. The standard InChI is InChI=1S/C8H12O4/c1-2-3-4-5-8(11)12-6-7(9)10/h2-5,7,9-10H,6H2,1H3/b3-2+,5-4+. The Morgan fingerprint density at radius 2 is 2.17 bits per heavy atom. The number of aliphatic hydroxyl groups excluding tert-OH is 1. The van der Waals surface area contributed by atoms with Crippen LogP contribution in [0.25, 0.3) is 0 Å². The lowest BCUT2D eigenvalue weighted by molar-refractivity contribution is -0.150. The number of hydrogen-bond acceptors (Lipinski definition) is 4. The van der Waals surface area contributed by atoms with Crippen molar-refractivity contribution in [1.29, 1.82) is 0 Å². The molecule has 0 aliphatic carbocycles. The Bertz CT molecular complexity index is 181. The second-order valence-electron chi connectivity index (χ2n) is 2.00. The van der Waals surface area contributed by atoms with Crippen LogP contribution in [0.15, 0.2) is 24.3 Å². The third-order valence-corrected chi connectivity index (χ3v) is 0.911. The number of hydrogen-bond donors (Lipinski definition) is 2. The van der Waals surface area contributed by atoms with Gasteiger partial charge in [0.15, 0.2) is 6.29 Å². The van der Waals surface area contributed by atoms with Gasteiger partial charge in [-0.2, -0.15) is 0 Å². The van der Waals surface area contributed by atoms with Crippen molar-refractivity contribution < 1.29 is 19.7 Å². The van der Waals surface area contributed by atoms with Gasteiger partial charge in [0, 0.05) is 6.08 Å². The van der Waals surface area contributed by atoms with E-state index in [1.807, 2.05) is 6.92 Å². The minimum absolute atomic E-state index is 0.404. The summed E-state index contributed by atoms with van der Waals surface area (Å²) in [6.45, 7) is 1.41. The minimum atomic E-state index is -1.61. The molecular weight excluding hydrogens is 160 g/mol. The molecule has 0 rings (SSSR count). The molecule has 2 N–H and O–H groups in total. The van der Waals surface area contributed by atoms with Gasteiger partial charge in [0.05, 0.1) is 0 Å². The molecule has 0 radical (unpaired) electrons. The molecule has 0 unspecified atom stereocenters. The smallest absolute Gasteiger partial charge is 0.330 e. The van der Waals surface area contributed by atoms with Gasteiger partial charge in [-0.15, -0.1) is 0 Å². The molecule has 0 heterocycles. The summed E-state index contributed by atoms with van der Waals surface area (Å²) < 4.78 is 4.39. The zero-order valence-corrected chi connectivity index (χ0v) is 6.80. The average Bonchev–Trinajstić information content (AvgIpc) is 2.01. The lowest BCUT2D eigenvalue weighted by Crippen LogP contribution is -2.16. The van der Waals surface area contributed by atoms with Crippen LogP contribution in [0.5, 0.6) is 0 Å². The first-order valence-corrected chi connectivity index (χ1v) is 3.49. The maximum absolute atomic E-state index is 10.7. The van der Waals surface area contributed by atoms with Crippen molar-refractivity contribution in [2.24, 2.45) is 0 Å². The Kier molecular flexibility index (Phi) is 5.95. The summed E-state index contributed by atoms with van der Waals surface area (Å²) >= 11 is 0. The van der Waals surface area contributed by atoms with Crippen LogP contribution in [0.1, 0.15) is 6.92 Å². The first-order chi connectivity index (χ1) is 5.66. The van der Waals surface area contributed by atoms with E-state index in [9.17, 15) is 4.79 Å². The highest BCUT2D eigenvalue weighted by Gasteiger charge is 2.00. The summed E-state index contributed by atoms with van der Waals surface area (Å²) in [4.78, 5) is 10.7. The number of rotatable bonds is 4. The van der Waals surface area contributed by atoms with E-state index in [0.29, 0.717) is 0 Å². The predicted octanol–water partition coefficient (Wildman–Crippen LogP) is -0.0274. The summed E-state index contributed by atoms with van der Waals surface area (Å²) in [6, 6.07) is 0. The number of carbonyl (C=O) groups excluding carboxylic acids is 1. The molecule has 0 atom stereocenters. The Balaban J connectivity index is 3.59. The van der Waals surface area contributed by atoms with Crippen LogP contribution in [0.4, 0.5) is 0 Å². The lowest BCUT2D eigenvalue weighted by atomic mass is 10.4. The van der Waals surface area contributed by atoms with Gasteiger partial charge in [-0.05, 0) is 6.92 Å². The summed E-state index contributed by atoms with van der Waals surface area (Å²) in [5.41, 5.74) is 0. The van der Waals surface area contributed by atoms with E-state index >= 15 is 0 Å². The van der Waals surface area contributed by atoms with Gasteiger partial charge in [-0.3, -0.25) is 0 Å². The summed E-state index contributed by atoms with van der Waals surface area (Å²) in [6.07, 6.45) is 4.51. The molecule has 0 spiro atoms. The molecule has 0 saturated heterocycles. The van der Waals surface area contributed by atoms with Gasteiger partial charge < -0.3 is 14.9 Å². The van der Waals surface area contributed by atoms with Gasteiger partial charge in [-0.25, -0.2) is 4.79 Å². The molecule has 0 fully saturated rings. The minimum Gasteiger partial charge on any atom is -0.457 e. The van der Waals surface area contributed by atoms with E-state index in [1.165, 1.54) is 12.2 Å².